The number of esters is 1. The van der Waals surface area contributed by atoms with Crippen molar-refractivity contribution in [3.8, 4) is 0 Å². The SMILES string of the molecule is COC(=O)CC(C)N(C)CC1CCCCC1. The van der Waals surface area contributed by atoms with Crippen LogP contribution in [0.4, 0.5) is 0 Å². The number of hydrogen-bond acceptors (Lipinski definition) is 3. The van der Waals surface area contributed by atoms with Gasteiger partial charge >= 0.3 is 5.97 Å². The van der Waals surface area contributed by atoms with E-state index < -0.39 is 0 Å². The van der Waals surface area contributed by atoms with E-state index in [0.717, 1.165) is 12.5 Å². The summed E-state index contributed by atoms with van der Waals surface area (Å²) in [6.45, 7) is 3.22. The maximum Gasteiger partial charge on any atom is 0.307 e. The van der Waals surface area contributed by atoms with Crippen LogP contribution in [0.5, 0.6) is 0 Å². The molecule has 1 aliphatic rings. The number of methoxy groups -OCH3 is 1. The van der Waals surface area contributed by atoms with Crippen LogP contribution in [0.15, 0.2) is 0 Å². The van der Waals surface area contributed by atoms with Crippen molar-refractivity contribution >= 4 is 5.97 Å². The Bertz CT molecular complexity index is 212. The molecule has 0 saturated heterocycles. The van der Waals surface area contributed by atoms with Gasteiger partial charge in [-0.15, -0.1) is 0 Å². The number of carbonyl (C=O) groups excluding carboxylic acids is 1. The Morgan fingerprint density at radius 2 is 2.00 bits per heavy atom. The van der Waals surface area contributed by atoms with E-state index in [4.69, 9.17) is 4.74 Å². The monoisotopic (exact) mass is 227 g/mol. The molecule has 0 N–H and O–H groups in total. The quantitative estimate of drug-likeness (QED) is 0.676. The zero-order valence-corrected chi connectivity index (χ0v) is 10.9. The lowest BCUT2D eigenvalue weighted by molar-refractivity contribution is -0.141. The molecule has 0 heterocycles. The van der Waals surface area contributed by atoms with Crippen LogP contribution >= 0.6 is 0 Å². The van der Waals surface area contributed by atoms with Crippen molar-refractivity contribution in [3.05, 3.63) is 0 Å². The highest BCUT2D eigenvalue weighted by molar-refractivity contribution is 5.69. The van der Waals surface area contributed by atoms with Gasteiger partial charge in [-0.05, 0) is 32.7 Å². The van der Waals surface area contributed by atoms with Crippen molar-refractivity contribution in [2.45, 2.75) is 51.5 Å². The van der Waals surface area contributed by atoms with Crippen LogP contribution in [0.25, 0.3) is 0 Å². The van der Waals surface area contributed by atoms with Crippen LogP contribution in [0.3, 0.4) is 0 Å². The summed E-state index contributed by atoms with van der Waals surface area (Å²) in [6.07, 6.45) is 7.37. The zero-order chi connectivity index (χ0) is 12.0. The van der Waals surface area contributed by atoms with Gasteiger partial charge in [0.15, 0.2) is 0 Å². The number of carbonyl (C=O) groups is 1. The van der Waals surface area contributed by atoms with Crippen LogP contribution in [0.2, 0.25) is 0 Å². The number of nitrogens with zero attached hydrogens (tertiary/aromatic N) is 1. The van der Waals surface area contributed by atoms with Crippen LogP contribution in [-0.4, -0.2) is 37.6 Å². The van der Waals surface area contributed by atoms with Crippen molar-refractivity contribution in [1.82, 2.24) is 4.90 Å². The number of hydrogen-bond donors (Lipinski definition) is 0. The molecule has 0 amide bonds. The molecule has 1 rings (SSSR count). The smallest absolute Gasteiger partial charge is 0.307 e. The van der Waals surface area contributed by atoms with Gasteiger partial charge in [-0.1, -0.05) is 19.3 Å². The fourth-order valence-corrected chi connectivity index (χ4v) is 2.44. The molecule has 3 nitrogen and oxygen atoms in total. The third-order valence-electron chi connectivity index (χ3n) is 3.71. The van der Waals surface area contributed by atoms with Crippen molar-refractivity contribution in [3.63, 3.8) is 0 Å². The number of ether oxygens (including phenoxy) is 1. The van der Waals surface area contributed by atoms with E-state index in [2.05, 4.69) is 18.9 Å². The van der Waals surface area contributed by atoms with Gasteiger partial charge in [-0.25, -0.2) is 0 Å². The van der Waals surface area contributed by atoms with E-state index in [1.165, 1.54) is 39.2 Å². The van der Waals surface area contributed by atoms with Gasteiger partial charge < -0.3 is 9.64 Å². The highest BCUT2D eigenvalue weighted by Gasteiger charge is 2.19. The average molecular weight is 227 g/mol. The molecule has 1 saturated carbocycles. The Hall–Kier alpha value is -0.570. The highest BCUT2D eigenvalue weighted by Crippen LogP contribution is 2.24. The van der Waals surface area contributed by atoms with Gasteiger partial charge in [0.2, 0.25) is 0 Å². The maximum absolute atomic E-state index is 11.2. The van der Waals surface area contributed by atoms with Crippen molar-refractivity contribution < 1.29 is 9.53 Å². The first-order valence-electron chi connectivity index (χ1n) is 6.40. The summed E-state index contributed by atoms with van der Waals surface area (Å²) in [5, 5.41) is 0. The summed E-state index contributed by atoms with van der Waals surface area (Å²) in [7, 11) is 3.57. The summed E-state index contributed by atoms with van der Waals surface area (Å²) in [4.78, 5) is 13.5. The van der Waals surface area contributed by atoms with Crippen molar-refractivity contribution in [2.75, 3.05) is 20.7 Å². The Kier molecular flexibility index (Phi) is 5.81. The van der Waals surface area contributed by atoms with Crippen molar-refractivity contribution in [2.24, 2.45) is 5.92 Å². The van der Waals surface area contributed by atoms with E-state index in [1.807, 2.05) is 0 Å². The maximum atomic E-state index is 11.2. The number of rotatable bonds is 5. The first kappa shape index (κ1) is 13.5. The lowest BCUT2D eigenvalue weighted by atomic mass is 9.89. The Morgan fingerprint density at radius 3 is 2.56 bits per heavy atom. The molecule has 1 unspecified atom stereocenters. The Balaban J connectivity index is 2.26. The van der Waals surface area contributed by atoms with E-state index in [9.17, 15) is 4.79 Å². The van der Waals surface area contributed by atoms with Crippen LogP contribution < -0.4 is 0 Å². The molecule has 0 aromatic rings. The molecule has 94 valence electrons. The zero-order valence-electron chi connectivity index (χ0n) is 10.9. The largest absolute Gasteiger partial charge is 0.469 e. The molecule has 3 heteroatoms. The highest BCUT2D eigenvalue weighted by atomic mass is 16.5. The molecule has 1 aliphatic carbocycles. The summed E-state index contributed by atoms with van der Waals surface area (Å²) in [5.74, 6) is 0.724. The fourth-order valence-electron chi connectivity index (χ4n) is 2.44. The minimum absolute atomic E-state index is 0.108. The molecular formula is C13H25NO2. The molecule has 0 aromatic heterocycles. The minimum atomic E-state index is -0.108. The standard InChI is InChI=1S/C13H25NO2/c1-11(9-13(15)16-3)14(2)10-12-7-5-4-6-8-12/h11-12H,4-10H2,1-3H3. The normalized spacial score (nSPS) is 19.8. The lowest BCUT2D eigenvalue weighted by Gasteiger charge is -2.30. The van der Waals surface area contributed by atoms with Crippen LogP contribution in [-0.2, 0) is 9.53 Å². The van der Waals surface area contributed by atoms with Gasteiger partial charge in [0.1, 0.15) is 0 Å². The predicted molar refractivity (Wildman–Crippen MR) is 65.3 cm³/mol. The second-order valence-electron chi connectivity index (χ2n) is 5.07. The average Bonchev–Trinajstić information content (AvgIpc) is 2.30. The molecule has 0 aliphatic heterocycles. The Morgan fingerprint density at radius 1 is 1.38 bits per heavy atom. The van der Waals surface area contributed by atoms with Crippen LogP contribution in [0.1, 0.15) is 45.4 Å². The molecule has 1 atom stereocenters. The van der Waals surface area contributed by atoms with E-state index in [-0.39, 0.29) is 12.0 Å². The second-order valence-corrected chi connectivity index (χ2v) is 5.07. The van der Waals surface area contributed by atoms with Gasteiger partial charge in [-0.3, -0.25) is 4.79 Å². The van der Waals surface area contributed by atoms with Gasteiger partial charge in [0.05, 0.1) is 13.5 Å². The van der Waals surface area contributed by atoms with Gasteiger partial charge in [0, 0.05) is 12.6 Å². The lowest BCUT2D eigenvalue weighted by Crippen LogP contribution is -2.35. The van der Waals surface area contributed by atoms with E-state index in [1.54, 1.807) is 0 Å². The summed E-state index contributed by atoms with van der Waals surface area (Å²) >= 11 is 0. The van der Waals surface area contributed by atoms with Crippen LogP contribution in [0, 0.1) is 5.92 Å². The molecule has 0 bridgehead atoms. The van der Waals surface area contributed by atoms with Gasteiger partial charge in [0.25, 0.3) is 0 Å². The summed E-state index contributed by atoms with van der Waals surface area (Å²) in [5.41, 5.74) is 0. The molecule has 0 aromatic carbocycles. The van der Waals surface area contributed by atoms with E-state index in [0.29, 0.717) is 6.42 Å². The molecule has 0 spiro atoms. The topological polar surface area (TPSA) is 29.5 Å². The van der Waals surface area contributed by atoms with Crippen molar-refractivity contribution in [1.29, 1.82) is 0 Å². The first-order chi connectivity index (χ1) is 7.63. The third-order valence-corrected chi connectivity index (χ3v) is 3.71. The molecule has 0 radical (unpaired) electrons. The molecule has 16 heavy (non-hydrogen) atoms. The minimum Gasteiger partial charge on any atom is -0.469 e. The molecule has 1 fully saturated rings. The fraction of sp³-hybridized carbons (Fsp3) is 0.923. The first-order valence-corrected chi connectivity index (χ1v) is 6.40. The second kappa shape index (κ2) is 6.89. The molecular weight excluding hydrogens is 202 g/mol. The summed E-state index contributed by atoms with van der Waals surface area (Å²) in [6, 6.07) is 0.286. The van der Waals surface area contributed by atoms with E-state index >= 15 is 0 Å². The Labute approximate surface area is 99.1 Å². The van der Waals surface area contributed by atoms with Gasteiger partial charge in [-0.2, -0.15) is 0 Å². The predicted octanol–water partition coefficient (Wildman–Crippen LogP) is 2.45. The third kappa shape index (κ3) is 4.52. The summed E-state index contributed by atoms with van der Waals surface area (Å²) < 4.78 is 4.70.